The average Bonchev–Trinajstić information content (AvgIpc) is 3.31. The molecular weight excluding hydrogens is 442 g/mol. The first-order valence-corrected chi connectivity index (χ1v) is 11.8. The van der Waals surface area contributed by atoms with Gasteiger partial charge in [0.15, 0.2) is 0 Å². The van der Waals surface area contributed by atoms with Crippen molar-refractivity contribution in [2.24, 2.45) is 0 Å². The van der Waals surface area contributed by atoms with Gasteiger partial charge in [-0.05, 0) is 42.0 Å². The monoisotopic (exact) mass is 471 g/mol. The van der Waals surface area contributed by atoms with Gasteiger partial charge in [-0.25, -0.2) is 0 Å². The van der Waals surface area contributed by atoms with Gasteiger partial charge in [-0.2, -0.15) is 0 Å². The maximum absolute atomic E-state index is 12.4. The largest absolute Gasteiger partial charge is 0.497 e. The van der Waals surface area contributed by atoms with Gasteiger partial charge < -0.3 is 24.5 Å². The molecule has 4 aromatic rings. The lowest BCUT2D eigenvalue weighted by Crippen LogP contribution is -2.49. The summed E-state index contributed by atoms with van der Waals surface area (Å²) in [6.07, 6.45) is 1.82. The molecule has 2 N–H and O–H groups in total. The Morgan fingerprint density at radius 2 is 1.69 bits per heavy atom. The zero-order valence-electron chi connectivity index (χ0n) is 19.7. The molecule has 1 atom stereocenters. The number of anilines is 1. The summed E-state index contributed by atoms with van der Waals surface area (Å²) in [7, 11) is 1.66. The topological polar surface area (TPSA) is 78.0 Å². The third kappa shape index (κ3) is 4.95. The minimum Gasteiger partial charge on any atom is -0.497 e. The highest BCUT2D eigenvalue weighted by Crippen LogP contribution is 2.32. The van der Waals surface area contributed by atoms with Crippen LogP contribution in [0.4, 0.5) is 5.69 Å². The summed E-state index contributed by atoms with van der Waals surface area (Å²) in [6, 6.07) is 23.1. The van der Waals surface area contributed by atoms with Crippen molar-refractivity contribution in [2.75, 3.05) is 38.2 Å². The third-order valence-electron chi connectivity index (χ3n) is 6.58. The Hall–Kier alpha value is -3.97. The third-order valence-corrected chi connectivity index (χ3v) is 6.58. The maximum atomic E-state index is 12.4. The summed E-state index contributed by atoms with van der Waals surface area (Å²) >= 11 is 0. The van der Waals surface area contributed by atoms with Crippen molar-refractivity contribution in [3.05, 3.63) is 90.1 Å². The van der Waals surface area contributed by atoms with E-state index in [4.69, 9.17) is 9.47 Å². The zero-order valence-corrected chi connectivity index (χ0v) is 19.7. The molecule has 0 spiro atoms. The minimum absolute atomic E-state index is 0.482. The van der Waals surface area contributed by atoms with Crippen molar-refractivity contribution >= 4 is 22.6 Å². The zero-order chi connectivity index (χ0) is 24.2. The van der Waals surface area contributed by atoms with E-state index in [1.54, 1.807) is 7.11 Å². The van der Waals surface area contributed by atoms with Crippen molar-refractivity contribution in [3.63, 3.8) is 0 Å². The molecule has 3 aromatic carbocycles. The molecule has 1 saturated heterocycles. The molecule has 180 valence electrons. The van der Waals surface area contributed by atoms with Crippen molar-refractivity contribution in [3.8, 4) is 11.5 Å². The molecule has 1 aliphatic rings. The van der Waals surface area contributed by atoms with E-state index in [2.05, 4.69) is 9.88 Å². The van der Waals surface area contributed by atoms with E-state index in [0.717, 1.165) is 52.3 Å². The van der Waals surface area contributed by atoms with E-state index in [0.29, 0.717) is 19.7 Å². The average molecular weight is 472 g/mol. The van der Waals surface area contributed by atoms with Crippen LogP contribution in [0.25, 0.3) is 10.9 Å². The summed E-state index contributed by atoms with van der Waals surface area (Å²) < 4.78 is 11.2. The van der Waals surface area contributed by atoms with Crippen LogP contribution in [0.2, 0.25) is 0 Å². The van der Waals surface area contributed by atoms with Crippen LogP contribution in [-0.2, 0) is 11.4 Å². The predicted molar refractivity (Wildman–Crippen MR) is 136 cm³/mol. The number of piperazine rings is 1. The molecule has 7 heteroatoms. The quantitative estimate of drug-likeness (QED) is 0.388. The second-order valence-corrected chi connectivity index (χ2v) is 8.69. The van der Waals surface area contributed by atoms with E-state index < -0.39 is 12.0 Å². The Labute approximate surface area is 204 Å². The number of fused-ring (bicyclic) bond motifs is 1. The molecule has 35 heavy (non-hydrogen) atoms. The lowest BCUT2D eigenvalue weighted by molar-refractivity contribution is -0.143. The Kier molecular flexibility index (Phi) is 6.59. The van der Waals surface area contributed by atoms with Crippen LogP contribution >= 0.6 is 0 Å². The fourth-order valence-corrected chi connectivity index (χ4v) is 4.70. The molecule has 1 fully saturated rings. The fourth-order valence-electron chi connectivity index (χ4n) is 4.70. The van der Waals surface area contributed by atoms with E-state index in [1.165, 1.54) is 0 Å². The molecule has 7 nitrogen and oxygen atoms in total. The number of nitrogens with one attached hydrogen (secondary N) is 1. The minimum atomic E-state index is -0.840. The Bertz CT molecular complexity index is 1280. The van der Waals surface area contributed by atoms with E-state index in [1.807, 2.05) is 83.9 Å². The first-order valence-electron chi connectivity index (χ1n) is 11.8. The SMILES string of the molecule is COc1ccc(N2CCN([C@H](C(=O)O)c3c[nH]c4cc(OCc5ccccc5)ccc34)CC2)cc1. The number of hydrogen-bond donors (Lipinski definition) is 2. The normalized spacial score (nSPS) is 15.2. The number of hydrogen-bond acceptors (Lipinski definition) is 5. The number of aliphatic carboxylic acids is 1. The summed E-state index contributed by atoms with van der Waals surface area (Å²) in [5.41, 5.74) is 3.86. The number of carbonyl (C=O) groups is 1. The van der Waals surface area contributed by atoms with Gasteiger partial charge in [0, 0.05) is 60.6 Å². The van der Waals surface area contributed by atoms with Crippen molar-refractivity contribution in [1.82, 2.24) is 9.88 Å². The second-order valence-electron chi connectivity index (χ2n) is 8.69. The molecule has 0 unspecified atom stereocenters. The van der Waals surface area contributed by atoms with Crippen LogP contribution < -0.4 is 14.4 Å². The van der Waals surface area contributed by atoms with Gasteiger partial charge in [0.1, 0.15) is 24.1 Å². The van der Waals surface area contributed by atoms with Crippen molar-refractivity contribution in [1.29, 1.82) is 0 Å². The number of H-pyrrole nitrogens is 1. The number of aromatic amines is 1. The first-order chi connectivity index (χ1) is 17.1. The van der Waals surface area contributed by atoms with Gasteiger partial charge in [-0.15, -0.1) is 0 Å². The van der Waals surface area contributed by atoms with E-state index in [9.17, 15) is 9.90 Å². The van der Waals surface area contributed by atoms with Gasteiger partial charge in [0.25, 0.3) is 0 Å². The number of methoxy groups -OCH3 is 1. The summed E-state index contributed by atoms with van der Waals surface area (Å²) in [4.78, 5) is 20.0. The van der Waals surface area contributed by atoms with E-state index in [-0.39, 0.29) is 0 Å². The molecule has 1 aliphatic heterocycles. The number of carboxylic acid groups (broad SMARTS) is 1. The summed E-state index contributed by atoms with van der Waals surface area (Å²) in [6.45, 7) is 3.32. The molecular formula is C28H29N3O4. The molecule has 0 bridgehead atoms. The molecule has 0 aliphatic carbocycles. The van der Waals surface area contributed by atoms with Crippen molar-refractivity contribution < 1.29 is 19.4 Å². The molecule has 5 rings (SSSR count). The summed E-state index contributed by atoms with van der Waals surface area (Å²) in [5, 5.41) is 11.1. The summed E-state index contributed by atoms with van der Waals surface area (Å²) in [5.74, 6) is 0.731. The Balaban J connectivity index is 1.29. The van der Waals surface area contributed by atoms with Gasteiger partial charge in [-0.1, -0.05) is 30.3 Å². The number of aromatic nitrogens is 1. The van der Waals surface area contributed by atoms with Crippen LogP contribution in [0.3, 0.4) is 0 Å². The lowest BCUT2D eigenvalue weighted by Gasteiger charge is -2.38. The number of nitrogens with zero attached hydrogens (tertiary/aromatic N) is 2. The Morgan fingerprint density at radius 3 is 2.37 bits per heavy atom. The highest BCUT2D eigenvalue weighted by molar-refractivity contribution is 5.90. The van der Waals surface area contributed by atoms with Crippen LogP contribution in [0.5, 0.6) is 11.5 Å². The number of benzene rings is 3. The molecule has 2 heterocycles. The standard InChI is InChI=1S/C28H29N3O4/c1-34-22-9-7-21(8-10-22)30-13-15-31(16-14-30)27(28(32)33)25-18-29-26-17-23(11-12-24(25)26)35-19-20-5-3-2-4-6-20/h2-12,17-18,27,29H,13-16,19H2,1H3,(H,32,33)/t27-/m0/s1. The Morgan fingerprint density at radius 1 is 0.971 bits per heavy atom. The van der Waals surface area contributed by atoms with E-state index >= 15 is 0 Å². The van der Waals surface area contributed by atoms with Crippen LogP contribution in [0.1, 0.15) is 17.2 Å². The first kappa shape index (κ1) is 22.8. The molecule has 1 aromatic heterocycles. The molecule has 0 saturated carbocycles. The van der Waals surface area contributed by atoms with Crippen LogP contribution in [0.15, 0.2) is 79.0 Å². The van der Waals surface area contributed by atoms with Gasteiger partial charge in [-0.3, -0.25) is 9.69 Å². The van der Waals surface area contributed by atoms with Crippen LogP contribution in [-0.4, -0.2) is 54.2 Å². The maximum Gasteiger partial charge on any atom is 0.325 e. The van der Waals surface area contributed by atoms with Gasteiger partial charge >= 0.3 is 5.97 Å². The molecule has 0 amide bonds. The fraction of sp³-hybridized carbons (Fsp3) is 0.250. The number of rotatable bonds is 8. The number of carboxylic acids is 1. The van der Waals surface area contributed by atoms with Crippen LogP contribution in [0, 0.1) is 0 Å². The highest BCUT2D eigenvalue weighted by Gasteiger charge is 2.32. The van der Waals surface area contributed by atoms with Crippen molar-refractivity contribution in [2.45, 2.75) is 12.6 Å². The predicted octanol–water partition coefficient (Wildman–Crippen LogP) is 4.70. The van der Waals surface area contributed by atoms with Gasteiger partial charge in [0.05, 0.1) is 7.11 Å². The lowest BCUT2D eigenvalue weighted by atomic mass is 10.0. The smallest absolute Gasteiger partial charge is 0.325 e. The second kappa shape index (κ2) is 10.1. The number of ether oxygens (including phenoxy) is 2. The highest BCUT2D eigenvalue weighted by atomic mass is 16.5. The molecule has 0 radical (unpaired) electrons. The van der Waals surface area contributed by atoms with Gasteiger partial charge in [0.2, 0.25) is 0 Å².